The summed E-state index contributed by atoms with van der Waals surface area (Å²) in [4.78, 5) is 28.5. The molecule has 25 heavy (non-hydrogen) atoms. The second-order valence-electron chi connectivity index (χ2n) is 7.12. The van der Waals surface area contributed by atoms with Gasteiger partial charge in [-0.15, -0.1) is 0 Å². The number of ether oxygens (including phenoxy) is 2. The van der Waals surface area contributed by atoms with E-state index >= 15 is 0 Å². The van der Waals surface area contributed by atoms with Gasteiger partial charge >= 0.3 is 0 Å². The molecule has 0 radical (unpaired) electrons. The number of benzene rings is 1. The molecule has 2 aliphatic rings. The summed E-state index contributed by atoms with van der Waals surface area (Å²) in [6.45, 7) is 4.99. The number of piperidine rings is 1. The van der Waals surface area contributed by atoms with Crippen molar-refractivity contribution in [3.8, 4) is 5.75 Å². The van der Waals surface area contributed by atoms with E-state index < -0.39 is 0 Å². The van der Waals surface area contributed by atoms with Crippen LogP contribution in [0.2, 0.25) is 0 Å². The maximum atomic E-state index is 12.9. The topological polar surface area (TPSA) is 59.1 Å². The molecule has 0 spiro atoms. The molecular formula is C19H26N2O4. The minimum Gasteiger partial charge on any atom is -0.497 e. The highest BCUT2D eigenvalue weighted by Gasteiger charge is 2.50. The zero-order chi connectivity index (χ0) is 18.0. The lowest BCUT2D eigenvalue weighted by molar-refractivity contribution is -0.128. The van der Waals surface area contributed by atoms with Gasteiger partial charge in [-0.2, -0.15) is 0 Å². The molecule has 0 aliphatic carbocycles. The van der Waals surface area contributed by atoms with Gasteiger partial charge < -0.3 is 19.3 Å². The summed E-state index contributed by atoms with van der Waals surface area (Å²) in [5.41, 5.74) is 0.603. The molecule has 2 fully saturated rings. The highest BCUT2D eigenvalue weighted by atomic mass is 16.5. The Morgan fingerprint density at radius 3 is 2.68 bits per heavy atom. The number of hydrogen-bond donors (Lipinski definition) is 0. The Balaban J connectivity index is 1.77. The van der Waals surface area contributed by atoms with Crippen LogP contribution in [-0.4, -0.2) is 68.6 Å². The summed E-state index contributed by atoms with van der Waals surface area (Å²) in [7, 11) is 3.30. The zero-order valence-electron chi connectivity index (χ0n) is 15.2. The Morgan fingerprint density at radius 2 is 2.00 bits per heavy atom. The summed E-state index contributed by atoms with van der Waals surface area (Å²) in [6, 6.07) is 7.25. The van der Waals surface area contributed by atoms with Crippen LogP contribution in [0.1, 0.15) is 23.7 Å². The molecule has 0 aromatic heterocycles. The Kier molecular flexibility index (Phi) is 4.99. The van der Waals surface area contributed by atoms with Crippen molar-refractivity contribution >= 4 is 11.8 Å². The monoisotopic (exact) mass is 346 g/mol. The minimum absolute atomic E-state index is 0.0196. The fourth-order valence-electron chi connectivity index (χ4n) is 4.17. The first kappa shape index (κ1) is 17.7. The van der Waals surface area contributed by atoms with E-state index in [1.54, 1.807) is 27.2 Å². The first-order valence-corrected chi connectivity index (χ1v) is 8.67. The summed E-state index contributed by atoms with van der Waals surface area (Å²) in [5.74, 6) is 1.04. The third-order valence-corrected chi connectivity index (χ3v) is 5.61. The molecule has 136 valence electrons. The van der Waals surface area contributed by atoms with E-state index in [4.69, 9.17) is 9.47 Å². The van der Waals surface area contributed by atoms with Crippen LogP contribution in [-0.2, 0) is 9.53 Å². The maximum Gasteiger partial charge on any atom is 0.253 e. The van der Waals surface area contributed by atoms with Crippen molar-refractivity contribution in [3.63, 3.8) is 0 Å². The van der Waals surface area contributed by atoms with Crippen LogP contribution in [0.15, 0.2) is 24.3 Å². The Hall–Kier alpha value is -2.08. The molecule has 0 bridgehead atoms. The summed E-state index contributed by atoms with van der Waals surface area (Å²) in [5, 5.41) is 0. The Labute approximate surface area is 148 Å². The number of fused-ring (bicyclic) bond motifs is 1. The average molecular weight is 346 g/mol. The van der Waals surface area contributed by atoms with Gasteiger partial charge in [-0.1, -0.05) is 6.07 Å². The number of amides is 2. The molecule has 0 saturated carbocycles. The SMILES string of the molecule is COCC12CCN(C(=O)c3cccc(OC)c3)CC1CN(C(C)=O)C2. The molecule has 2 heterocycles. The normalized spacial score (nSPS) is 25.6. The van der Waals surface area contributed by atoms with Gasteiger partial charge in [-0.05, 0) is 24.6 Å². The van der Waals surface area contributed by atoms with Gasteiger partial charge in [0.25, 0.3) is 5.91 Å². The van der Waals surface area contributed by atoms with Gasteiger partial charge in [-0.3, -0.25) is 9.59 Å². The highest BCUT2D eigenvalue weighted by Crippen LogP contribution is 2.43. The molecule has 2 atom stereocenters. The van der Waals surface area contributed by atoms with Crippen LogP contribution in [0, 0.1) is 11.3 Å². The van der Waals surface area contributed by atoms with E-state index in [1.807, 2.05) is 28.0 Å². The summed E-state index contributed by atoms with van der Waals surface area (Å²) >= 11 is 0. The first-order valence-electron chi connectivity index (χ1n) is 8.67. The Morgan fingerprint density at radius 1 is 1.24 bits per heavy atom. The number of hydrogen-bond acceptors (Lipinski definition) is 4. The first-order chi connectivity index (χ1) is 12.0. The fourth-order valence-corrected chi connectivity index (χ4v) is 4.17. The standard InChI is InChI=1S/C19H26N2O4/c1-14(22)21-11-16-10-20(8-7-19(16,12-21)13-24-2)18(23)15-5-4-6-17(9-15)25-3/h4-6,9,16H,7-8,10-13H2,1-3H3. The number of nitrogens with zero attached hydrogens (tertiary/aromatic N) is 2. The maximum absolute atomic E-state index is 12.9. The number of methoxy groups -OCH3 is 2. The molecule has 3 rings (SSSR count). The lowest BCUT2D eigenvalue weighted by Crippen LogP contribution is -2.50. The van der Waals surface area contributed by atoms with E-state index in [1.165, 1.54) is 0 Å². The van der Waals surface area contributed by atoms with Gasteiger partial charge in [0.1, 0.15) is 5.75 Å². The number of carbonyl (C=O) groups is 2. The second kappa shape index (κ2) is 7.04. The van der Waals surface area contributed by atoms with Crippen molar-refractivity contribution in [2.45, 2.75) is 13.3 Å². The summed E-state index contributed by atoms with van der Waals surface area (Å²) in [6.07, 6.45) is 0.852. The summed E-state index contributed by atoms with van der Waals surface area (Å²) < 4.78 is 10.7. The van der Waals surface area contributed by atoms with Gasteiger partial charge in [0.05, 0.1) is 13.7 Å². The van der Waals surface area contributed by atoms with Gasteiger partial charge in [0.15, 0.2) is 0 Å². The van der Waals surface area contributed by atoms with Crippen molar-refractivity contribution in [2.75, 3.05) is 47.0 Å². The lowest BCUT2D eigenvalue weighted by Gasteiger charge is -2.43. The van der Waals surface area contributed by atoms with Crippen molar-refractivity contribution < 1.29 is 19.1 Å². The van der Waals surface area contributed by atoms with Gasteiger partial charge in [0.2, 0.25) is 5.91 Å². The van der Waals surface area contributed by atoms with Crippen molar-refractivity contribution in [2.24, 2.45) is 11.3 Å². The third-order valence-electron chi connectivity index (χ3n) is 5.61. The molecule has 1 aromatic rings. The largest absolute Gasteiger partial charge is 0.497 e. The smallest absolute Gasteiger partial charge is 0.253 e. The quantitative estimate of drug-likeness (QED) is 0.832. The predicted octanol–water partition coefficient (Wildman–Crippen LogP) is 1.65. The zero-order valence-corrected chi connectivity index (χ0v) is 15.2. The second-order valence-corrected chi connectivity index (χ2v) is 7.12. The molecule has 6 heteroatoms. The molecule has 2 aliphatic heterocycles. The van der Waals surface area contributed by atoms with E-state index in [2.05, 4.69) is 0 Å². The lowest BCUT2D eigenvalue weighted by atomic mass is 9.73. The van der Waals surface area contributed by atoms with E-state index in [0.29, 0.717) is 37.6 Å². The molecule has 2 amide bonds. The number of likely N-dealkylation sites (tertiary alicyclic amines) is 2. The van der Waals surface area contributed by atoms with Gasteiger partial charge in [-0.25, -0.2) is 0 Å². The number of carbonyl (C=O) groups excluding carboxylic acids is 2. The van der Waals surface area contributed by atoms with Crippen molar-refractivity contribution in [1.29, 1.82) is 0 Å². The Bertz CT molecular complexity index is 663. The molecule has 2 saturated heterocycles. The van der Waals surface area contributed by atoms with Crippen molar-refractivity contribution in [3.05, 3.63) is 29.8 Å². The van der Waals surface area contributed by atoms with Crippen LogP contribution < -0.4 is 4.74 Å². The molecule has 6 nitrogen and oxygen atoms in total. The van der Waals surface area contributed by atoms with Crippen LogP contribution >= 0.6 is 0 Å². The third kappa shape index (κ3) is 3.35. The van der Waals surface area contributed by atoms with Crippen LogP contribution in [0.3, 0.4) is 0 Å². The van der Waals surface area contributed by atoms with Crippen LogP contribution in [0.4, 0.5) is 0 Å². The van der Waals surface area contributed by atoms with E-state index in [0.717, 1.165) is 13.0 Å². The highest BCUT2D eigenvalue weighted by molar-refractivity contribution is 5.94. The molecule has 0 N–H and O–H groups in total. The van der Waals surface area contributed by atoms with Gasteiger partial charge in [0, 0.05) is 57.1 Å². The van der Waals surface area contributed by atoms with Crippen LogP contribution in [0.5, 0.6) is 5.75 Å². The predicted molar refractivity (Wildman–Crippen MR) is 93.6 cm³/mol. The van der Waals surface area contributed by atoms with E-state index in [9.17, 15) is 9.59 Å². The van der Waals surface area contributed by atoms with Crippen LogP contribution in [0.25, 0.3) is 0 Å². The molecule has 2 unspecified atom stereocenters. The number of rotatable bonds is 4. The minimum atomic E-state index is -0.0361. The fraction of sp³-hybridized carbons (Fsp3) is 0.579. The molecule has 1 aromatic carbocycles. The molecular weight excluding hydrogens is 320 g/mol. The van der Waals surface area contributed by atoms with Crippen molar-refractivity contribution in [1.82, 2.24) is 9.80 Å². The van der Waals surface area contributed by atoms with E-state index in [-0.39, 0.29) is 23.1 Å². The average Bonchev–Trinajstić information content (AvgIpc) is 3.00.